The van der Waals surface area contributed by atoms with Gasteiger partial charge in [0.25, 0.3) is 0 Å². The highest BCUT2D eigenvalue weighted by Crippen LogP contribution is 2.18. The summed E-state index contributed by atoms with van der Waals surface area (Å²) in [6.45, 7) is 0. The number of aliphatic carboxylic acids is 2. The van der Waals surface area contributed by atoms with E-state index in [9.17, 15) is 14.7 Å². The zero-order chi connectivity index (χ0) is 13.7. The van der Waals surface area contributed by atoms with E-state index in [1.165, 1.54) is 30.3 Å². The van der Waals surface area contributed by atoms with E-state index in [1.807, 2.05) is 0 Å². The molecule has 1 aromatic carbocycles. The van der Waals surface area contributed by atoms with Crippen molar-refractivity contribution in [1.29, 1.82) is 0 Å². The summed E-state index contributed by atoms with van der Waals surface area (Å²) in [7, 11) is 0. The maximum Gasteiger partial charge on any atom is 0.335 e. The Bertz CT molecular complexity index is 462. The molecule has 0 saturated heterocycles. The normalized spacial score (nSPS) is 14.3. The molecule has 18 heavy (non-hydrogen) atoms. The van der Waals surface area contributed by atoms with Crippen molar-refractivity contribution in [3.05, 3.63) is 41.5 Å². The Labute approximate surface area is 102 Å². The number of aliphatic hydroxyl groups excluding tert-OH is 2. The smallest absolute Gasteiger partial charge is 0.335 e. The molecule has 0 saturated carbocycles. The highest BCUT2D eigenvalue weighted by molar-refractivity contribution is 5.85. The molecular formula is C12H12O6. The minimum absolute atomic E-state index is 0.234. The quantitative estimate of drug-likeness (QED) is 0.559. The SMILES string of the molecule is O=C(O)/C=C/c1ccc(C(O)C(O)C(=O)O)cc1. The Morgan fingerprint density at radius 3 is 2.06 bits per heavy atom. The van der Waals surface area contributed by atoms with Gasteiger partial charge >= 0.3 is 11.9 Å². The van der Waals surface area contributed by atoms with E-state index in [0.717, 1.165) is 6.08 Å². The molecular weight excluding hydrogens is 240 g/mol. The zero-order valence-corrected chi connectivity index (χ0v) is 9.22. The van der Waals surface area contributed by atoms with Crippen molar-refractivity contribution < 1.29 is 30.0 Å². The second-order valence-corrected chi connectivity index (χ2v) is 3.57. The number of carboxylic acids is 2. The molecule has 1 aromatic rings. The summed E-state index contributed by atoms with van der Waals surface area (Å²) < 4.78 is 0. The van der Waals surface area contributed by atoms with Gasteiger partial charge in [-0.15, -0.1) is 0 Å². The monoisotopic (exact) mass is 252 g/mol. The average molecular weight is 252 g/mol. The van der Waals surface area contributed by atoms with Crippen molar-refractivity contribution in [3.8, 4) is 0 Å². The number of hydrogen-bond donors (Lipinski definition) is 4. The van der Waals surface area contributed by atoms with E-state index in [0.29, 0.717) is 5.56 Å². The summed E-state index contributed by atoms with van der Waals surface area (Å²) in [5.74, 6) is -2.60. The van der Waals surface area contributed by atoms with Gasteiger partial charge in [-0.1, -0.05) is 24.3 Å². The fourth-order valence-corrected chi connectivity index (χ4v) is 1.29. The summed E-state index contributed by atoms with van der Waals surface area (Å²) in [5, 5.41) is 35.6. The summed E-state index contributed by atoms with van der Waals surface area (Å²) in [5.41, 5.74) is 0.815. The highest BCUT2D eigenvalue weighted by Gasteiger charge is 2.24. The van der Waals surface area contributed by atoms with Crippen LogP contribution in [0.4, 0.5) is 0 Å². The van der Waals surface area contributed by atoms with Gasteiger partial charge in [0, 0.05) is 6.08 Å². The largest absolute Gasteiger partial charge is 0.479 e. The fourth-order valence-electron chi connectivity index (χ4n) is 1.29. The van der Waals surface area contributed by atoms with Crippen molar-refractivity contribution in [2.75, 3.05) is 0 Å². The molecule has 96 valence electrons. The van der Waals surface area contributed by atoms with Crippen LogP contribution in [0.1, 0.15) is 17.2 Å². The lowest BCUT2D eigenvalue weighted by molar-refractivity contribution is -0.153. The molecule has 0 spiro atoms. The van der Waals surface area contributed by atoms with Crippen LogP contribution in [0.3, 0.4) is 0 Å². The first-order chi connectivity index (χ1) is 8.41. The molecule has 1 rings (SSSR count). The topological polar surface area (TPSA) is 115 Å². The van der Waals surface area contributed by atoms with Crippen LogP contribution in [-0.4, -0.2) is 38.5 Å². The van der Waals surface area contributed by atoms with Crippen LogP contribution in [0.5, 0.6) is 0 Å². The lowest BCUT2D eigenvalue weighted by Crippen LogP contribution is -2.27. The first-order valence-electron chi connectivity index (χ1n) is 5.01. The van der Waals surface area contributed by atoms with Gasteiger partial charge in [-0.2, -0.15) is 0 Å². The molecule has 0 aliphatic heterocycles. The lowest BCUT2D eigenvalue weighted by atomic mass is 10.0. The molecule has 0 heterocycles. The van der Waals surface area contributed by atoms with Crippen molar-refractivity contribution in [3.63, 3.8) is 0 Å². The van der Waals surface area contributed by atoms with Gasteiger partial charge in [-0.3, -0.25) is 0 Å². The third-order valence-electron chi connectivity index (χ3n) is 2.25. The van der Waals surface area contributed by atoms with Gasteiger partial charge in [-0.05, 0) is 17.2 Å². The van der Waals surface area contributed by atoms with Gasteiger partial charge in [0.05, 0.1) is 0 Å². The first kappa shape index (κ1) is 13.9. The molecule has 0 aliphatic carbocycles. The number of rotatable bonds is 5. The van der Waals surface area contributed by atoms with E-state index in [4.69, 9.17) is 15.3 Å². The molecule has 0 aliphatic rings. The van der Waals surface area contributed by atoms with Crippen molar-refractivity contribution in [2.45, 2.75) is 12.2 Å². The van der Waals surface area contributed by atoms with Gasteiger partial charge in [0.1, 0.15) is 6.10 Å². The third-order valence-corrected chi connectivity index (χ3v) is 2.25. The second-order valence-electron chi connectivity index (χ2n) is 3.57. The van der Waals surface area contributed by atoms with Gasteiger partial charge in [-0.25, -0.2) is 9.59 Å². The first-order valence-corrected chi connectivity index (χ1v) is 5.01. The van der Waals surface area contributed by atoms with Crippen molar-refractivity contribution in [2.24, 2.45) is 0 Å². The van der Waals surface area contributed by atoms with Crippen molar-refractivity contribution in [1.82, 2.24) is 0 Å². The molecule has 0 bridgehead atoms. The summed E-state index contributed by atoms with van der Waals surface area (Å²) in [6.07, 6.45) is -1.12. The van der Waals surface area contributed by atoms with Gasteiger partial charge < -0.3 is 20.4 Å². The molecule has 0 fully saturated rings. The molecule has 2 unspecified atom stereocenters. The standard InChI is InChI=1S/C12H12O6/c13-9(14)6-3-7-1-4-8(5-2-7)10(15)11(16)12(17)18/h1-6,10-11,15-16H,(H,13,14)(H,17,18)/b6-3+. The van der Waals surface area contributed by atoms with E-state index in [2.05, 4.69) is 0 Å². The lowest BCUT2D eigenvalue weighted by Gasteiger charge is -2.14. The number of hydrogen-bond acceptors (Lipinski definition) is 4. The Balaban J connectivity index is 2.82. The number of carbonyl (C=O) groups is 2. The van der Waals surface area contributed by atoms with E-state index in [-0.39, 0.29) is 5.56 Å². The van der Waals surface area contributed by atoms with Crippen LogP contribution >= 0.6 is 0 Å². The molecule has 6 nitrogen and oxygen atoms in total. The maximum absolute atomic E-state index is 10.5. The average Bonchev–Trinajstić information content (AvgIpc) is 2.35. The minimum atomic E-state index is -1.90. The van der Waals surface area contributed by atoms with Crippen LogP contribution < -0.4 is 0 Å². The van der Waals surface area contributed by atoms with Crippen LogP contribution in [0.25, 0.3) is 6.08 Å². The molecule has 0 aromatic heterocycles. The number of benzene rings is 1. The van der Waals surface area contributed by atoms with Crippen LogP contribution in [-0.2, 0) is 9.59 Å². The Morgan fingerprint density at radius 2 is 1.61 bits per heavy atom. The van der Waals surface area contributed by atoms with Crippen LogP contribution in [0, 0.1) is 0 Å². The Hall–Kier alpha value is -2.18. The minimum Gasteiger partial charge on any atom is -0.479 e. The van der Waals surface area contributed by atoms with E-state index >= 15 is 0 Å². The zero-order valence-electron chi connectivity index (χ0n) is 9.22. The highest BCUT2D eigenvalue weighted by atomic mass is 16.4. The number of aliphatic hydroxyl groups is 2. The molecule has 6 heteroatoms. The van der Waals surface area contributed by atoms with Gasteiger partial charge in [0.2, 0.25) is 0 Å². The Morgan fingerprint density at radius 1 is 1.06 bits per heavy atom. The summed E-state index contributed by atoms with van der Waals surface area (Å²) in [4.78, 5) is 20.8. The van der Waals surface area contributed by atoms with E-state index < -0.39 is 24.1 Å². The molecule has 0 amide bonds. The van der Waals surface area contributed by atoms with E-state index in [1.54, 1.807) is 0 Å². The Kier molecular flexibility index (Phi) is 4.59. The second kappa shape index (κ2) is 5.95. The predicted octanol–water partition coefficient (Wildman–Crippen LogP) is 0.263. The van der Waals surface area contributed by atoms with Crippen molar-refractivity contribution >= 4 is 18.0 Å². The molecule has 2 atom stereocenters. The van der Waals surface area contributed by atoms with Crippen LogP contribution in [0.2, 0.25) is 0 Å². The molecule has 0 radical (unpaired) electrons. The number of carboxylic acid groups (broad SMARTS) is 2. The van der Waals surface area contributed by atoms with Gasteiger partial charge in [0.15, 0.2) is 6.10 Å². The summed E-state index contributed by atoms with van der Waals surface area (Å²) >= 11 is 0. The summed E-state index contributed by atoms with van der Waals surface area (Å²) in [6, 6.07) is 5.84. The molecule has 4 N–H and O–H groups in total. The van der Waals surface area contributed by atoms with Crippen LogP contribution in [0.15, 0.2) is 30.3 Å². The predicted molar refractivity (Wildman–Crippen MR) is 61.7 cm³/mol. The fraction of sp³-hybridized carbons (Fsp3) is 0.167. The third kappa shape index (κ3) is 3.69. The maximum atomic E-state index is 10.5.